The topological polar surface area (TPSA) is 73.5 Å². The van der Waals surface area contributed by atoms with Gasteiger partial charge in [-0.2, -0.15) is 0 Å². The largest absolute Gasteiger partial charge is 0.351 e. The van der Waals surface area contributed by atoms with Gasteiger partial charge in [0.25, 0.3) is 5.91 Å². The fourth-order valence-electron chi connectivity index (χ4n) is 2.90. The monoisotopic (exact) mass is 382 g/mol. The normalized spacial score (nSPS) is 11.8. The fraction of sp³-hybridized carbons (Fsp3) is 0.364. The molecule has 28 heavy (non-hydrogen) atoms. The van der Waals surface area contributed by atoms with Crippen LogP contribution in [0.3, 0.4) is 0 Å². The predicted molar refractivity (Wildman–Crippen MR) is 112 cm³/mol. The van der Waals surface area contributed by atoms with Crippen molar-refractivity contribution in [3.8, 4) is 0 Å². The first kappa shape index (κ1) is 21.4. The Bertz CT molecular complexity index is 805. The number of benzene rings is 2. The van der Waals surface area contributed by atoms with Crippen LogP contribution in [0.2, 0.25) is 0 Å². The molecular formula is C22H30N4O2. The number of aryl methyl sites for hydroxylation is 1. The zero-order valence-corrected chi connectivity index (χ0v) is 17.1. The molecule has 150 valence electrons. The van der Waals surface area contributed by atoms with Crippen molar-refractivity contribution in [3.63, 3.8) is 0 Å². The van der Waals surface area contributed by atoms with Crippen molar-refractivity contribution in [2.75, 3.05) is 27.2 Å². The highest BCUT2D eigenvalue weighted by Crippen LogP contribution is 2.16. The summed E-state index contributed by atoms with van der Waals surface area (Å²) in [4.78, 5) is 26.5. The molecule has 1 unspecified atom stereocenters. The number of hydrogen-bond donors (Lipinski definition) is 3. The van der Waals surface area contributed by atoms with Gasteiger partial charge in [0.05, 0.1) is 6.04 Å². The molecule has 2 aromatic rings. The third-order valence-corrected chi connectivity index (χ3v) is 4.49. The molecule has 0 spiro atoms. The molecule has 0 heterocycles. The van der Waals surface area contributed by atoms with Crippen molar-refractivity contribution in [2.24, 2.45) is 0 Å². The van der Waals surface area contributed by atoms with E-state index in [-0.39, 0.29) is 18.0 Å². The van der Waals surface area contributed by atoms with Gasteiger partial charge in [-0.05, 0) is 56.8 Å². The molecule has 0 aromatic heterocycles. The van der Waals surface area contributed by atoms with Gasteiger partial charge >= 0.3 is 6.03 Å². The first-order valence-electron chi connectivity index (χ1n) is 9.48. The lowest BCUT2D eigenvalue weighted by Crippen LogP contribution is -2.36. The molecule has 2 rings (SSSR count). The van der Waals surface area contributed by atoms with E-state index >= 15 is 0 Å². The highest BCUT2D eigenvalue weighted by molar-refractivity contribution is 5.94. The highest BCUT2D eigenvalue weighted by Gasteiger charge is 2.11. The van der Waals surface area contributed by atoms with Gasteiger partial charge in [-0.3, -0.25) is 4.79 Å². The summed E-state index contributed by atoms with van der Waals surface area (Å²) in [6.07, 6.45) is 0. The molecular weight excluding hydrogens is 352 g/mol. The van der Waals surface area contributed by atoms with Crippen molar-refractivity contribution >= 4 is 11.9 Å². The second-order valence-corrected chi connectivity index (χ2v) is 7.16. The average molecular weight is 383 g/mol. The summed E-state index contributed by atoms with van der Waals surface area (Å²) in [6.45, 7) is 5.71. The van der Waals surface area contributed by atoms with Gasteiger partial charge in [0.1, 0.15) is 0 Å². The summed E-state index contributed by atoms with van der Waals surface area (Å²) in [5.41, 5.74) is 3.70. The molecule has 0 aliphatic carbocycles. The first-order valence-corrected chi connectivity index (χ1v) is 9.48. The standard InChI is InChI=1S/C22H30N4O2/c1-16-8-5-6-11-20(16)17(2)25-22(28)24-15-18-9-7-10-19(14-18)21(27)23-12-13-26(3)4/h5-11,14,17H,12-13,15H2,1-4H3,(H,23,27)(H2,24,25,28). The lowest BCUT2D eigenvalue weighted by Gasteiger charge is -2.17. The van der Waals surface area contributed by atoms with Crippen molar-refractivity contribution < 1.29 is 9.59 Å². The number of hydrogen-bond acceptors (Lipinski definition) is 3. The van der Waals surface area contributed by atoms with Crippen LogP contribution in [0.5, 0.6) is 0 Å². The number of carbonyl (C=O) groups is 2. The summed E-state index contributed by atoms with van der Waals surface area (Å²) in [5, 5.41) is 8.70. The predicted octanol–water partition coefficient (Wildman–Crippen LogP) is 2.85. The van der Waals surface area contributed by atoms with Crippen LogP contribution in [-0.2, 0) is 6.54 Å². The van der Waals surface area contributed by atoms with E-state index in [2.05, 4.69) is 16.0 Å². The van der Waals surface area contributed by atoms with E-state index in [4.69, 9.17) is 0 Å². The maximum Gasteiger partial charge on any atom is 0.315 e. The highest BCUT2D eigenvalue weighted by atomic mass is 16.2. The van der Waals surface area contributed by atoms with Gasteiger partial charge in [-0.25, -0.2) is 4.79 Å². The molecule has 6 heteroatoms. The number of rotatable bonds is 8. The van der Waals surface area contributed by atoms with Gasteiger partial charge in [0, 0.05) is 25.2 Å². The Labute approximate surface area is 167 Å². The van der Waals surface area contributed by atoms with Crippen molar-refractivity contribution in [1.82, 2.24) is 20.9 Å². The Morgan fingerprint density at radius 2 is 1.79 bits per heavy atom. The molecule has 3 N–H and O–H groups in total. The number of carbonyl (C=O) groups excluding carboxylic acids is 2. The minimum Gasteiger partial charge on any atom is -0.351 e. The van der Waals surface area contributed by atoms with E-state index in [0.29, 0.717) is 18.7 Å². The Hall–Kier alpha value is -2.86. The van der Waals surface area contributed by atoms with Crippen LogP contribution in [-0.4, -0.2) is 44.0 Å². The van der Waals surface area contributed by atoms with E-state index < -0.39 is 0 Å². The second kappa shape index (κ2) is 10.5. The Balaban J connectivity index is 1.86. The molecule has 0 fully saturated rings. The van der Waals surface area contributed by atoms with Crippen LogP contribution in [0, 0.1) is 6.92 Å². The van der Waals surface area contributed by atoms with E-state index in [1.54, 1.807) is 12.1 Å². The van der Waals surface area contributed by atoms with Crippen molar-refractivity contribution in [2.45, 2.75) is 26.4 Å². The second-order valence-electron chi connectivity index (χ2n) is 7.16. The molecule has 0 bridgehead atoms. The zero-order chi connectivity index (χ0) is 20.5. The maximum absolute atomic E-state index is 12.2. The number of likely N-dealkylation sites (N-methyl/N-ethyl adjacent to an activating group) is 1. The van der Waals surface area contributed by atoms with Crippen molar-refractivity contribution in [3.05, 3.63) is 70.8 Å². The van der Waals surface area contributed by atoms with Gasteiger partial charge in [0.2, 0.25) is 0 Å². The summed E-state index contributed by atoms with van der Waals surface area (Å²) in [6, 6.07) is 15.0. The molecule has 6 nitrogen and oxygen atoms in total. The van der Waals surface area contributed by atoms with Gasteiger partial charge in [0.15, 0.2) is 0 Å². The number of amides is 3. The van der Waals surface area contributed by atoms with Crippen LogP contribution in [0.1, 0.15) is 40.0 Å². The van der Waals surface area contributed by atoms with E-state index in [1.807, 2.05) is 69.2 Å². The Morgan fingerprint density at radius 3 is 2.50 bits per heavy atom. The van der Waals surface area contributed by atoms with Crippen LogP contribution >= 0.6 is 0 Å². The Morgan fingerprint density at radius 1 is 1.04 bits per heavy atom. The summed E-state index contributed by atoms with van der Waals surface area (Å²) in [7, 11) is 3.92. The lowest BCUT2D eigenvalue weighted by atomic mass is 10.0. The SMILES string of the molecule is Cc1ccccc1C(C)NC(=O)NCc1cccc(C(=O)NCCN(C)C)c1. The van der Waals surface area contributed by atoms with E-state index in [0.717, 1.165) is 23.2 Å². The minimum absolute atomic E-state index is 0.0880. The zero-order valence-electron chi connectivity index (χ0n) is 17.1. The van der Waals surface area contributed by atoms with Gasteiger partial charge in [-0.1, -0.05) is 36.4 Å². The van der Waals surface area contributed by atoms with E-state index in [1.165, 1.54) is 0 Å². The molecule has 0 aliphatic heterocycles. The molecule has 0 saturated carbocycles. The smallest absolute Gasteiger partial charge is 0.315 e. The molecule has 0 saturated heterocycles. The third-order valence-electron chi connectivity index (χ3n) is 4.49. The number of nitrogens with zero attached hydrogens (tertiary/aromatic N) is 1. The summed E-state index contributed by atoms with van der Waals surface area (Å²) >= 11 is 0. The Kier molecular flexibility index (Phi) is 8.02. The third kappa shape index (κ3) is 6.70. The average Bonchev–Trinajstić information content (AvgIpc) is 2.66. The van der Waals surface area contributed by atoms with Crippen LogP contribution in [0.15, 0.2) is 48.5 Å². The minimum atomic E-state index is -0.239. The maximum atomic E-state index is 12.2. The van der Waals surface area contributed by atoms with Crippen molar-refractivity contribution in [1.29, 1.82) is 0 Å². The molecule has 0 radical (unpaired) electrons. The summed E-state index contributed by atoms with van der Waals surface area (Å²) in [5.74, 6) is -0.110. The fourth-order valence-corrected chi connectivity index (χ4v) is 2.90. The van der Waals surface area contributed by atoms with E-state index in [9.17, 15) is 9.59 Å². The molecule has 3 amide bonds. The first-order chi connectivity index (χ1) is 13.4. The lowest BCUT2D eigenvalue weighted by molar-refractivity contribution is 0.0951. The van der Waals surface area contributed by atoms with Crippen LogP contribution < -0.4 is 16.0 Å². The summed E-state index contributed by atoms with van der Waals surface area (Å²) < 4.78 is 0. The molecule has 1 atom stereocenters. The van der Waals surface area contributed by atoms with Gasteiger partial charge < -0.3 is 20.9 Å². The number of nitrogens with one attached hydrogen (secondary N) is 3. The molecule has 0 aliphatic rings. The molecule has 2 aromatic carbocycles. The van der Waals surface area contributed by atoms with Crippen LogP contribution in [0.25, 0.3) is 0 Å². The van der Waals surface area contributed by atoms with Gasteiger partial charge in [-0.15, -0.1) is 0 Å². The number of urea groups is 1. The van der Waals surface area contributed by atoms with Crippen LogP contribution in [0.4, 0.5) is 4.79 Å². The quantitative estimate of drug-likeness (QED) is 0.657.